The Morgan fingerprint density at radius 2 is 1.48 bits per heavy atom. The average Bonchev–Trinajstić information content (AvgIpc) is 2.47. The van der Waals surface area contributed by atoms with Crippen molar-refractivity contribution in [3.63, 3.8) is 0 Å². The highest BCUT2D eigenvalue weighted by Gasteiger charge is 2.05. The van der Waals surface area contributed by atoms with Crippen LogP contribution in [0.3, 0.4) is 0 Å². The molecule has 0 spiro atoms. The number of carbonyl (C=O) groups is 1. The monoisotopic (exact) mass is 296 g/mol. The maximum absolute atomic E-state index is 10.3. The molecule has 4 heteroatoms. The molecule has 0 saturated carbocycles. The minimum absolute atomic E-state index is 0.0671. The van der Waals surface area contributed by atoms with E-state index in [4.69, 9.17) is 15.3 Å². The number of aliphatic hydroxyl groups is 1. The Balaban J connectivity index is 0.000000382. The van der Waals surface area contributed by atoms with Gasteiger partial charge in [0.1, 0.15) is 11.3 Å². The van der Waals surface area contributed by atoms with Crippen molar-refractivity contribution in [3.05, 3.63) is 29.8 Å². The Bertz CT molecular complexity index is 369. The van der Waals surface area contributed by atoms with Crippen LogP contribution in [0.25, 0.3) is 0 Å². The van der Waals surface area contributed by atoms with Crippen LogP contribution in [0, 0.1) is 0 Å². The van der Waals surface area contributed by atoms with Gasteiger partial charge in [0, 0.05) is 6.61 Å². The van der Waals surface area contributed by atoms with Crippen molar-refractivity contribution in [2.45, 2.75) is 58.3 Å². The zero-order valence-corrected chi connectivity index (χ0v) is 12.9. The van der Waals surface area contributed by atoms with Crippen molar-refractivity contribution in [1.29, 1.82) is 0 Å². The molecule has 0 unspecified atom stereocenters. The van der Waals surface area contributed by atoms with Crippen LogP contribution in [0.2, 0.25) is 0 Å². The van der Waals surface area contributed by atoms with Gasteiger partial charge in [-0.15, -0.1) is 0 Å². The van der Waals surface area contributed by atoms with Crippen LogP contribution in [0.4, 0.5) is 0 Å². The molecule has 1 aromatic rings. The minimum atomic E-state index is -1.11. The molecular formula is C17H28O4. The molecule has 0 amide bonds. The predicted molar refractivity (Wildman–Crippen MR) is 84.8 cm³/mol. The van der Waals surface area contributed by atoms with E-state index >= 15 is 0 Å². The van der Waals surface area contributed by atoms with Crippen molar-refractivity contribution in [3.8, 4) is 5.75 Å². The fraction of sp³-hybridized carbons (Fsp3) is 0.588. The van der Waals surface area contributed by atoms with Crippen molar-refractivity contribution in [2.75, 3.05) is 6.61 Å². The zero-order valence-electron chi connectivity index (χ0n) is 12.9. The second kappa shape index (κ2) is 13.4. The topological polar surface area (TPSA) is 77.8 Å². The summed E-state index contributed by atoms with van der Waals surface area (Å²) in [5.74, 6) is -1.31. The summed E-state index contributed by atoms with van der Waals surface area (Å²) in [5.41, 5.74) is -0.0671. The quantitative estimate of drug-likeness (QED) is 0.596. The summed E-state index contributed by atoms with van der Waals surface area (Å²) in [5, 5.41) is 25.8. The molecule has 0 radical (unpaired) electrons. The van der Waals surface area contributed by atoms with Crippen molar-refractivity contribution in [1.82, 2.24) is 0 Å². The number of carboxylic acid groups (broad SMARTS) is 1. The number of aliphatic hydroxyl groups excluding tert-OH is 1. The third-order valence-corrected chi connectivity index (χ3v) is 3.15. The summed E-state index contributed by atoms with van der Waals surface area (Å²) in [4.78, 5) is 10.3. The number of phenols is 1. The lowest BCUT2D eigenvalue weighted by atomic mass is 10.1. The lowest BCUT2D eigenvalue weighted by molar-refractivity contribution is 0.0693. The molecule has 0 saturated heterocycles. The van der Waals surface area contributed by atoms with Crippen LogP contribution in [-0.2, 0) is 0 Å². The molecule has 21 heavy (non-hydrogen) atoms. The van der Waals surface area contributed by atoms with Gasteiger partial charge in [0.2, 0.25) is 0 Å². The van der Waals surface area contributed by atoms with E-state index in [1.807, 2.05) is 0 Å². The SMILES string of the molecule is CCCCCCCCCCO.O=C(O)c1ccccc1O. The number of carboxylic acids is 1. The summed E-state index contributed by atoms with van der Waals surface area (Å²) >= 11 is 0. The van der Waals surface area contributed by atoms with Crippen LogP contribution in [0.5, 0.6) is 5.75 Å². The van der Waals surface area contributed by atoms with Gasteiger partial charge < -0.3 is 15.3 Å². The number of para-hydroxylation sites is 1. The van der Waals surface area contributed by atoms with Gasteiger partial charge in [-0.25, -0.2) is 4.79 Å². The van der Waals surface area contributed by atoms with E-state index < -0.39 is 5.97 Å². The zero-order chi connectivity index (χ0) is 15.9. The fourth-order valence-corrected chi connectivity index (χ4v) is 1.90. The van der Waals surface area contributed by atoms with Crippen LogP contribution >= 0.6 is 0 Å². The van der Waals surface area contributed by atoms with Crippen LogP contribution in [0.15, 0.2) is 24.3 Å². The molecule has 3 N–H and O–H groups in total. The molecule has 0 aliphatic heterocycles. The molecular weight excluding hydrogens is 268 g/mol. The lowest BCUT2D eigenvalue weighted by Crippen LogP contribution is -1.95. The smallest absolute Gasteiger partial charge is 0.339 e. The van der Waals surface area contributed by atoms with Crippen molar-refractivity contribution >= 4 is 5.97 Å². The van der Waals surface area contributed by atoms with E-state index in [0.717, 1.165) is 6.42 Å². The molecule has 1 rings (SSSR count). The van der Waals surface area contributed by atoms with E-state index in [-0.39, 0.29) is 11.3 Å². The predicted octanol–water partition coefficient (Wildman–Crippen LogP) is 4.21. The van der Waals surface area contributed by atoms with Gasteiger partial charge in [-0.2, -0.15) is 0 Å². The highest BCUT2D eigenvalue weighted by atomic mass is 16.4. The van der Waals surface area contributed by atoms with Crippen LogP contribution < -0.4 is 0 Å². The van der Waals surface area contributed by atoms with Gasteiger partial charge in [-0.05, 0) is 18.6 Å². The van der Waals surface area contributed by atoms with Gasteiger partial charge >= 0.3 is 5.97 Å². The second-order valence-corrected chi connectivity index (χ2v) is 5.02. The molecule has 1 aromatic carbocycles. The highest BCUT2D eigenvalue weighted by Crippen LogP contribution is 2.14. The molecule has 0 atom stereocenters. The second-order valence-electron chi connectivity index (χ2n) is 5.02. The number of unbranched alkanes of at least 4 members (excludes halogenated alkanes) is 7. The molecule has 0 aliphatic carbocycles. The maximum Gasteiger partial charge on any atom is 0.339 e. The molecule has 0 aromatic heterocycles. The first-order chi connectivity index (χ1) is 10.1. The first kappa shape index (κ1) is 19.4. The van der Waals surface area contributed by atoms with E-state index in [0.29, 0.717) is 6.61 Å². The van der Waals surface area contributed by atoms with E-state index in [2.05, 4.69) is 6.92 Å². The molecule has 4 nitrogen and oxygen atoms in total. The number of aromatic carboxylic acids is 1. The maximum atomic E-state index is 10.3. The largest absolute Gasteiger partial charge is 0.507 e. The number of aromatic hydroxyl groups is 1. The van der Waals surface area contributed by atoms with E-state index in [9.17, 15) is 4.79 Å². The number of hydrogen-bond acceptors (Lipinski definition) is 3. The Morgan fingerprint density at radius 1 is 0.952 bits per heavy atom. The van der Waals surface area contributed by atoms with Gasteiger partial charge in [0.15, 0.2) is 0 Å². The summed E-state index contributed by atoms with van der Waals surface area (Å²) in [6, 6.07) is 5.81. The standard InChI is InChI=1S/C10H22O.C7H6O3/c1-2-3-4-5-6-7-8-9-10-11;8-6-4-2-1-3-5(6)7(9)10/h11H,2-10H2,1H3;1-4,8H,(H,9,10). The fourth-order valence-electron chi connectivity index (χ4n) is 1.90. The summed E-state index contributed by atoms with van der Waals surface area (Å²) in [6.07, 6.45) is 10.4. The Kier molecular flexibility index (Phi) is 12.4. The number of rotatable bonds is 9. The Morgan fingerprint density at radius 3 is 1.90 bits per heavy atom. The third kappa shape index (κ3) is 10.9. The molecule has 120 valence electrons. The average molecular weight is 296 g/mol. The molecule has 0 heterocycles. The first-order valence-electron chi connectivity index (χ1n) is 7.75. The van der Waals surface area contributed by atoms with Gasteiger partial charge in [-0.3, -0.25) is 0 Å². The van der Waals surface area contributed by atoms with E-state index in [1.165, 1.54) is 57.1 Å². The minimum Gasteiger partial charge on any atom is -0.507 e. The normalized spacial score (nSPS) is 9.81. The lowest BCUT2D eigenvalue weighted by Gasteiger charge is -1.98. The molecule has 0 fully saturated rings. The molecule has 0 bridgehead atoms. The van der Waals surface area contributed by atoms with Crippen LogP contribution in [-0.4, -0.2) is 27.9 Å². The Hall–Kier alpha value is -1.55. The number of benzene rings is 1. The third-order valence-electron chi connectivity index (χ3n) is 3.15. The van der Waals surface area contributed by atoms with Gasteiger partial charge in [-0.1, -0.05) is 64.0 Å². The van der Waals surface area contributed by atoms with Gasteiger partial charge in [0.05, 0.1) is 0 Å². The van der Waals surface area contributed by atoms with Crippen molar-refractivity contribution < 1.29 is 20.1 Å². The van der Waals surface area contributed by atoms with Crippen LogP contribution in [0.1, 0.15) is 68.6 Å². The molecule has 0 aliphatic rings. The highest BCUT2D eigenvalue weighted by molar-refractivity contribution is 5.90. The first-order valence-corrected chi connectivity index (χ1v) is 7.75. The summed E-state index contributed by atoms with van der Waals surface area (Å²) < 4.78 is 0. The summed E-state index contributed by atoms with van der Waals surface area (Å²) in [7, 11) is 0. The number of hydrogen-bond donors (Lipinski definition) is 3. The summed E-state index contributed by atoms with van der Waals surface area (Å²) in [6.45, 7) is 2.61. The van der Waals surface area contributed by atoms with Crippen molar-refractivity contribution in [2.24, 2.45) is 0 Å². The van der Waals surface area contributed by atoms with Gasteiger partial charge in [0.25, 0.3) is 0 Å². The van der Waals surface area contributed by atoms with E-state index in [1.54, 1.807) is 12.1 Å². The Labute approximate surface area is 127 Å².